The molecule has 0 aromatic carbocycles. The van der Waals surface area contributed by atoms with Gasteiger partial charge in [-0.2, -0.15) is 5.16 Å². The first kappa shape index (κ1) is 7.61. The molecule has 0 amide bonds. The largest absolute Gasteiger partial charge is 0.383 e. The molecule has 1 unspecified atom stereocenters. The Bertz CT molecular complexity index is 320. The van der Waals surface area contributed by atoms with E-state index in [4.69, 9.17) is 4.52 Å². The predicted molar refractivity (Wildman–Crippen MR) is 44.0 cm³/mol. The van der Waals surface area contributed by atoms with Crippen LogP contribution in [-0.2, 0) is 0 Å². The molecule has 0 bridgehead atoms. The van der Waals surface area contributed by atoms with Crippen LogP contribution in [0.3, 0.4) is 0 Å². The summed E-state index contributed by atoms with van der Waals surface area (Å²) in [6.45, 7) is 2.81. The second-order valence-electron chi connectivity index (χ2n) is 3.15. The quantitative estimate of drug-likeness (QED) is 0.649. The molecule has 1 aliphatic rings. The first-order valence-corrected chi connectivity index (χ1v) is 4.20. The van der Waals surface area contributed by atoms with Crippen LogP contribution in [0, 0.1) is 6.92 Å². The zero-order valence-corrected chi connectivity index (χ0v) is 7.02. The van der Waals surface area contributed by atoms with Gasteiger partial charge in [-0.05, 0) is 26.3 Å². The highest BCUT2D eigenvalue weighted by Gasteiger charge is 2.23. The van der Waals surface area contributed by atoms with Crippen molar-refractivity contribution >= 4 is 0 Å². The third kappa shape index (κ3) is 1.08. The highest BCUT2D eigenvalue weighted by molar-refractivity contribution is 5.18. The Balaban J connectivity index is 2.37. The lowest BCUT2D eigenvalue weighted by atomic mass is 10.1. The molecule has 0 spiro atoms. The average molecular weight is 168 g/mol. The molecule has 0 radical (unpaired) electrons. The molecule has 0 saturated carbocycles. The summed E-state index contributed by atoms with van der Waals surface area (Å²) in [5.74, 6) is 0.708. The molecule has 1 aliphatic heterocycles. The monoisotopic (exact) mass is 168 g/mol. The number of aryl methyl sites for hydroxylation is 1. The lowest BCUT2D eigenvalue weighted by Crippen LogP contribution is -2.19. The van der Waals surface area contributed by atoms with Crippen molar-refractivity contribution in [1.82, 2.24) is 10.5 Å². The molecule has 12 heavy (non-hydrogen) atoms. The molecule has 4 nitrogen and oxygen atoms in total. The van der Waals surface area contributed by atoms with Gasteiger partial charge in [0.15, 0.2) is 0 Å². The molecule has 2 rings (SSSR count). The van der Waals surface area contributed by atoms with Gasteiger partial charge in [0.25, 0.3) is 5.56 Å². The molecule has 1 aromatic heterocycles. The lowest BCUT2D eigenvalue weighted by Gasteiger charge is -2.05. The second kappa shape index (κ2) is 2.79. The topological polar surface area (TPSA) is 58.0 Å². The predicted octanol–water partition coefficient (Wildman–Crippen LogP) is 0.701. The number of aromatic nitrogens is 1. The summed E-state index contributed by atoms with van der Waals surface area (Å²) in [6, 6.07) is 0.201. The molecule has 1 fully saturated rings. The smallest absolute Gasteiger partial charge is 0.284 e. The Morgan fingerprint density at radius 1 is 1.58 bits per heavy atom. The summed E-state index contributed by atoms with van der Waals surface area (Å²) >= 11 is 0. The number of rotatable bonds is 1. The molecular formula is C8H12N2O2. The van der Waals surface area contributed by atoms with Crippen LogP contribution in [0.4, 0.5) is 0 Å². The summed E-state index contributed by atoms with van der Waals surface area (Å²) in [6.07, 6.45) is 2.16. The maximum Gasteiger partial charge on any atom is 0.284 e. The first-order chi connectivity index (χ1) is 5.79. The van der Waals surface area contributed by atoms with E-state index in [1.165, 1.54) is 0 Å². The van der Waals surface area contributed by atoms with Gasteiger partial charge in [0.05, 0.1) is 5.56 Å². The van der Waals surface area contributed by atoms with Crippen molar-refractivity contribution in [3.05, 3.63) is 21.7 Å². The minimum absolute atomic E-state index is 0.0908. The van der Waals surface area contributed by atoms with Gasteiger partial charge in [0, 0.05) is 6.04 Å². The van der Waals surface area contributed by atoms with Crippen LogP contribution in [0.15, 0.2) is 9.32 Å². The van der Waals surface area contributed by atoms with Crippen molar-refractivity contribution in [2.45, 2.75) is 25.8 Å². The van der Waals surface area contributed by atoms with E-state index in [2.05, 4.69) is 10.5 Å². The van der Waals surface area contributed by atoms with Crippen LogP contribution in [0.2, 0.25) is 0 Å². The third-order valence-corrected chi connectivity index (χ3v) is 2.33. The van der Waals surface area contributed by atoms with E-state index in [1.54, 1.807) is 0 Å². The Morgan fingerprint density at radius 2 is 2.42 bits per heavy atom. The molecule has 66 valence electrons. The van der Waals surface area contributed by atoms with Gasteiger partial charge in [0.2, 0.25) is 0 Å². The van der Waals surface area contributed by atoms with E-state index in [-0.39, 0.29) is 11.6 Å². The molecular weight excluding hydrogens is 156 g/mol. The van der Waals surface area contributed by atoms with Gasteiger partial charge in [-0.25, -0.2) is 0 Å². The van der Waals surface area contributed by atoms with Gasteiger partial charge in [-0.1, -0.05) is 0 Å². The van der Waals surface area contributed by atoms with Gasteiger partial charge in [-0.15, -0.1) is 0 Å². The van der Waals surface area contributed by atoms with Crippen molar-refractivity contribution in [3.63, 3.8) is 0 Å². The van der Waals surface area contributed by atoms with Crippen LogP contribution in [0.5, 0.6) is 0 Å². The summed E-state index contributed by atoms with van der Waals surface area (Å²) in [7, 11) is 0. The molecule has 2 N–H and O–H groups in total. The Morgan fingerprint density at radius 3 is 2.92 bits per heavy atom. The fourth-order valence-electron chi connectivity index (χ4n) is 1.73. The van der Waals surface area contributed by atoms with Crippen LogP contribution in [0.1, 0.15) is 30.2 Å². The molecule has 1 atom stereocenters. The highest BCUT2D eigenvalue weighted by Crippen LogP contribution is 2.22. The van der Waals surface area contributed by atoms with Crippen molar-refractivity contribution in [3.8, 4) is 0 Å². The Kier molecular flexibility index (Phi) is 1.77. The molecule has 1 saturated heterocycles. The van der Waals surface area contributed by atoms with Crippen molar-refractivity contribution in [2.75, 3.05) is 6.54 Å². The van der Waals surface area contributed by atoms with Gasteiger partial charge < -0.3 is 9.84 Å². The SMILES string of the molecule is Cc1o[nH]c(=O)c1C1CCCN1. The minimum Gasteiger partial charge on any atom is -0.383 e. The summed E-state index contributed by atoms with van der Waals surface area (Å²) in [5, 5.41) is 5.60. The standard InChI is InChI=1S/C8H12N2O2/c1-5-7(8(11)10-12-5)6-3-2-4-9-6/h6,9H,2-4H2,1H3,(H,10,11). The zero-order chi connectivity index (χ0) is 8.55. The van der Waals surface area contributed by atoms with Crippen LogP contribution in [0.25, 0.3) is 0 Å². The van der Waals surface area contributed by atoms with Crippen molar-refractivity contribution < 1.29 is 4.52 Å². The fourth-order valence-corrected chi connectivity index (χ4v) is 1.73. The van der Waals surface area contributed by atoms with E-state index >= 15 is 0 Å². The maximum atomic E-state index is 11.2. The van der Waals surface area contributed by atoms with E-state index < -0.39 is 0 Å². The highest BCUT2D eigenvalue weighted by atomic mass is 16.5. The summed E-state index contributed by atoms with van der Waals surface area (Å²) < 4.78 is 4.93. The summed E-state index contributed by atoms with van der Waals surface area (Å²) in [5.41, 5.74) is 0.680. The maximum absolute atomic E-state index is 11.2. The Hall–Kier alpha value is -1.03. The number of hydrogen-bond acceptors (Lipinski definition) is 3. The van der Waals surface area contributed by atoms with E-state index in [0.29, 0.717) is 5.76 Å². The average Bonchev–Trinajstić information content (AvgIpc) is 2.61. The van der Waals surface area contributed by atoms with Crippen LogP contribution < -0.4 is 10.9 Å². The number of hydrogen-bond donors (Lipinski definition) is 2. The number of nitrogens with one attached hydrogen (secondary N) is 2. The third-order valence-electron chi connectivity index (χ3n) is 2.33. The molecule has 0 aliphatic carbocycles. The minimum atomic E-state index is -0.0908. The van der Waals surface area contributed by atoms with E-state index in [0.717, 1.165) is 24.9 Å². The molecule has 1 aromatic rings. The van der Waals surface area contributed by atoms with Crippen molar-refractivity contribution in [1.29, 1.82) is 0 Å². The number of aromatic amines is 1. The van der Waals surface area contributed by atoms with Crippen molar-refractivity contribution in [2.24, 2.45) is 0 Å². The van der Waals surface area contributed by atoms with Crippen LogP contribution in [-0.4, -0.2) is 11.7 Å². The second-order valence-corrected chi connectivity index (χ2v) is 3.15. The zero-order valence-electron chi connectivity index (χ0n) is 7.02. The first-order valence-electron chi connectivity index (χ1n) is 4.20. The molecule has 4 heteroatoms. The van der Waals surface area contributed by atoms with E-state index in [9.17, 15) is 4.79 Å². The van der Waals surface area contributed by atoms with Gasteiger partial charge >= 0.3 is 0 Å². The van der Waals surface area contributed by atoms with Gasteiger partial charge in [0.1, 0.15) is 5.76 Å². The van der Waals surface area contributed by atoms with Crippen LogP contribution >= 0.6 is 0 Å². The summed E-state index contributed by atoms with van der Waals surface area (Å²) in [4.78, 5) is 11.2. The lowest BCUT2D eigenvalue weighted by molar-refractivity contribution is 0.390. The van der Waals surface area contributed by atoms with E-state index in [1.807, 2.05) is 6.92 Å². The normalized spacial score (nSPS) is 23.2. The Labute approximate surface area is 69.9 Å². The molecule has 2 heterocycles. The fraction of sp³-hybridized carbons (Fsp3) is 0.625. The van der Waals surface area contributed by atoms with Gasteiger partial charge in [-0.3, -0.25) is 4.79 Å². The number of H-pyrrole nitrogens is 1.